The summed E-state index contributed by atoms with van der Waals surface area (Å²) in [6, 6.07) is 4.61. The topological polar surface area (TPSA) is 88.6 Å². The molecule has 4 aliphatic rings. The number of carbonyl (C=O) groups excluding carboxylic acids is 1. The molecule has 4 saturated heterocycles. The molecule has 2 bridgehead atoms. The quantitative estimate of drug-likeness (QED) is 0.772. The monoisotopic (exact) mass is 407 g/mol. The zero-order valence-electron chi connectivity index (χ0n) is 15.9. The number of nitrogens with two attached hydrogens (primary N) is 1. The van der Waals surface area contributed by atoms with Crippen LogP contribution in [-0.2, 0) is 20.4 Å². The maximum Gasteiger partial charge on any atom is 0.417 e. The third-order valence-corrected chi connectivity index (χ3v) is 7.51. The lowest BCUT2D eigenvalue weighted by atomic mass is 9.60. The van der Waals surface area contributed by atoms with Crippen LogP contribution in [0.15, 0.2) is 18.2 Å². The second kappa shape index (κ2) is 5.50. The van der Waals surface area contributed by atoms with E-state index in [0.29, 0.717) is 13.0 Å². The van der Waals surface area contributed by atoms with E-state index in [9.17, 15) is 18.0 Å². The van der Waals surface area contributed by atoms with Gasteiger partial charge in [-0.1, -0.05) is 6.92 Å². The minimum absolute atomic E-state index is 0.0712. The van der Waals surface area contributed by atoms with Crippen LogP contribution in [0.1, 0.15) is 31.4 Å². The SMILES string of the molecule is C[C@@H]1[C@@H](N)[C@@]23CCO[C@H]4[C@@H]2[C@H](C(=O)N4c2ccc(C#N)c(C(F)(F)F)c2)[C@]1(C)O3. The Hall–Kier alpha value is -2.15. The first-order valence-electron chi connectivity index (χ1n) is 9.58. The van der Waals surface area contributed by atoms with Crippen LogP contribution in [0.2, 0.25) is 0 Å². The van der Waals surface area contributed by atoms with E-state index in [4.69, 9.17) is 20.5 Å². The second-order valence-corrected chi connectivity index (χ2v) is 8.62. The smallest absolute Gasteiger partial charge is 0.365 e. The van der Waals surface area contributed by atoms with E-state index in [1.165, 1.54) is 11.0 Å². The Morgan fingerprint density at radius 3 is 2.76 bits per heavy atom. The van der Waals surface area contributed by atoms with Crippen molar-refractivity contribution < 1.29 is 27.4 Å². The van der Waals surface area contributed by atoms with Gasteiger partial charge in [-0.05, 0) is 25.1 Å². The molecule has 0 aromatic heterocycles. The maximum atomic E-state index is 13.5. The van der Waals surface area contributed by atoms with E-state index in [0.717, 1.165) is 12.1 Å². The summed E-state index contributed by atoms with van der Waals surface area (Å²) >= 11 is 0. The van der Waals surface area contributed by atoms with Crippen molar-refractivity contribution >= 4 is 11.6 Å². The third kappa shape index (κ3) is 2.09. The van der Waals surface area contributed by atoms with Gasteiger partial charge in [-0.25, -0.2) is 0 Å². The van der Waals surface area contributed by atoms with Crippen molar-refractivity contribution in [2.45, 2.75) is 49.9 Å². The number of nitrogens with zero attached hydrogens (tertiary/aromatic N) is 2. The molecule has 29 heavy (non-hydrogen) atoms. The average molecular weight is 407 g/mol. The molecule has 9 heteroatoms. The molecule has 1 aromatic rings. The molecule has 7 atom stereocenters. The molecule has 6 nitrogen and oxygen atoms in total. The lowest BCUT2D eigenvalue weighted by Gasteiger charge is -2.45. The minimum atomic E-state index is -4.71. The van der Waals surface area contributed by atoms with Gasteiger partial charge in [0.15, 0.2) is 0 Å². The molecule has 4 heterocycles. The number of fused-ring (bicyclic) bond motifs is 2. The summed E-state index contributed by atoms with van der Waals surface area (Å²) in [6.45, 7) is 4.13. The van der Waals surface area contributed by atoms with Crippen LogP contribution in [0, 0.1) is 29.1 Å². The van der Waals surface area contributed by atoms with Gasteiger partial charge in [0.2, 0.25) is 5.91 Å². The van der Waals surface area contributed by atoms with Crippen molar-refractivity contribution in [1.82, 2.24) is 0 Å². The highest BCUT2D eigenvalue weighted by Crippen LogP contribution is 2.66. The minimum Gasteiger partial charge on any atom is -0.365 e. The zero-order chi connectivity index (χ0) is 20.9. The Morgan fingerprint density at radius 2 is 2.10 bits per heavy atom. The van der Waals surface area contributed by atoms with Gasteiger partial charge >= 0.3 is 6.18 Å². The van der Waals surface area contributed by atoms with Gasteiger partial charge in [0.05, 0.1) is 40.9 Å². The van der Waals surface area contributed by atoms with E-state index >= 15 is 0 Å². The normalized spacial score (nSPS) is 42.9. The number of hydrogen-bond donors (Lipinski definition) is 1. The number of nitriles is 1. The first kappa shape index (κ1) is 18.9. The van der Waals surface area contributed by atoms with Gasteiger partial charge < -0.3 is 15.2 Å². The number of anilines is 1. The third-order valence-electron chi connectivity index (χ3n) is 7.51. The number of rotatable bonds is 1. The van der Waals surface area contributed by atoms with Crippen LogP contribution >= 0.6 is 0 Å². The fourth-order valence-electron chi connectivity index (χ4n) is 6.06. The van der Waals surface area contributed by atoms with Crippen LogP contribution in [-0.4, -0.2) is 36.0 Å². The number of benzene rings is 1. The molecule has 0 aliphatic carbocycles. The molecular weight excluding hydrogens is 387 g/mol. The number of amides is 1. The Kier molecular flexibility index (Phi) is 3.58. The standard InChI is InChI=1S/C20H20F3N3O3/c1-9-15(25)19-5-6-28-17-14(19)13(18(9,2)29-19)16(27)26(17)11-4-3-10(8-24)12(7-11)20(21,22)23/h3-4,7,9,13-15,17H,5-6,25H2,1-2H3/t9-,13-,14+,15-,17+,18-,19-/m1/s1. The Balaban J connectivity index is 1.64. The summed E-state index contributed by atoms with van der Waals surface area (Å²) in [5.74, 6) is -1.27. The Bertz CT molecular complexity index is 961. The summed E-state index contributed by atoms with van der Waals surface area (Å²) in [7, 11) is 0. The first-order chi connectivity index (χ1) is 13.6. The lowest BCUT2D eigenvalue weighted by Crippen LogP contribution is -2.62. The summed E-state index contributed by atoms with van der Waals surface area (Å²) in [5.41, 5.74) is 3.51. The first-order valence-corrected chi connectivity index (χ1v) is 9.58. The predicted molar refractivity (Wildman–Crippen MR) is 94.3 cm³/mol. The summed E-state index contributed by atoms with van der Waals surface area (Å²) < 4.78 is 52.7. The number of ether oxygens (including phenoxy) is 2. The van der Waals surface area contributed by atoms with Crippen LogP contribution in [0.4, 0.5) is 18.9 Å². The molecule has 5 rings (SSSR count). The highest BCUT2D eigenvalue weighted by Gasteiger charge is 2.79. The van der Waals surface area contributed by atoms with E-state index in [1.54, 1.807) is 6.07 Å². The fraction of sp³-hybridized carbons (Fsp3) is 0.600. The van der Waals surface area contributed by atoms with Crippen LogP contribution in [0.5, 0.6) is 0 Å². The molecule has 4 fully saturated rings. The van der Waals surface area contributed by atoms with Crippen molar-refractivity contribution in [2.24, 2.45) is 23.5 Å². The number of carbonyl (C=O) groups is 1. The van der Waals surface area contributed by atoms with E-state index < -0.39 is 40.7 Å². The molecule has 0 saturated carbocycles. The van der Waals surface area contributed by atoms with Crippen molar-refractivity contribution in [3.8, 4) is 6.07 Å². The van der Waals surface area contributed by atoms with Gasteiger partial charge in [0.25, 0.3) is 0 Å². The van der Waals surface area contributed by atoms with Gasteiger partial charge in [0.1, 0.15) is 6.23 Å². The molecule has 1 amide bonds. The molecule has 4 aliphatic heterocycles. The van der Waals surface area contributed by atoms with Gasteiger partial charge in [-0.3, -0.25) is 9.69 Å². The highest BCUT2D eigenvalue weighted by molar-refractivity contribution is 6.00. The highest BCUT2D eigenvalue weighted by atomic mass is 19.4. The van der Waals surface area contributed by atoms with Gasteiger partial charge in [-0.2, -0.15) is 18.4 Å². The molecule has 0 unspecified atom stereocenters. The van der Waals surface area contributed by atoms with Crippen molar-refractivity contribution in [3.63, 3.8) is 0 Å². The van der Waals surface area contributed by atoms with Crippen molar-refractivity contribution in [3.05, 3.63) is 29.3 Å². The molecule has 0 radical (unpaired) electrons. The summed E-state index contributed by atoms with van der Waals surface area (Å²) in [6.07, 6.45) is -4.90. The molecule has 1 spiro atoms. The summed E-state index contributed by atoms with van der Waals surface area (Å²) in [5, 5.41) is 9.05. The average Bonchev–Trinajstić information content (AvgIpc) is 3.20. The van der Waals surface area contributed by atoms with Crippen LogP contribution < -0.4 is 10.6 Å². The second-order valence-electron chi connectivity index (χ2n) is 8.62. The van der Waals surface area contributed by atoms with Crippen molar-refractivity contribution in [1.29, 1.82) is 5.26 Å². The summed E-state index contributed by atoms with van der Waals surface area (Å²) in [4.78, 5) is 14.8. The van der Waals surface area contributed by atoms with Crippen molar-refractivity contribution in [2.75, 3.05) is 11.5 Å². The number of alkyl halides is 3. The number of halogens is 3. The number of hydrogen-bond acceptors (Lipinski definition) is 5. The lowest BCUT2D eigenvalue weighted by molar-refractivity contribution is -0.143. The largest absolute Gasteiger partial charge is 0.417 e. The van der Waals surface area contributed by atoms with Gasteiger partial charge in [-0.15, -0.1) is 0 Å². The maximum absolute atomic E-state index is 13.5. The molecule has 1 aromatic carbocycles. The predicted octanol–water partition coefficient (Wildman–Crippen LogP) is 2.41. The van der Waals surface area contributed by atoms with Gasteiger partial charge in [0, 0.05) is 30.0 Å². The van der Waals surface area contributed by atoms with E-state index in [-0.39, 0.29) is 29.5 Å². The molecule has 154 valence electrons. The van der Waals surface area contributed by atoms with Crippen LogP contribution in [0.3, 0.4) is 0 Å². The van der Waals surface area contributed by atoms with E-state index in [2.05, 4.69) is 0 Å². The molecular formula is C20H20F3N3O3. The Morgan fingerprint density at radius 1 is 1.38 bits per heavy atom. The molecule has 2 N–H and O–H groups in total. The zero-order valence-corrected chi connectivity index (χ0v) is 15.9. The fourth-order valence-corrected chi connectivity index (χ4v) is 6.06. The van der Waals surface area contributed by atoms with E-state index in [1.807, 2.05) is 13.8 Å². The Labute approximate surface area is 165 Å². The van der Waals surface area contributed by atoms with Crippen LogP contribution in [0.25, 0.3) is 0 Å².